The summed E-state index contributed by atoms with van der Waals surface area (Å²) in [6.07, 6.45) is 2.62. The van der Waals surface area contributed by atoms with Gasteiger partial charge in [0.25, 0.3) is 0 Å². The van der Waals surface area contributed by atoms with Crippen molar-refractivity contribution in [3.63, 3.8) is 0 Å². The van der Waals surface area contributed by atoms with Crippen molar-refractivity contribution >= 4 is 23.6 Å². The summed E-state index contributed by atoms with van der Waals surface area (Å²) in [5, 5.41) is 0.136. The van der Waals surface area contributed by atoms with E-state index in [1.54, 1.807) is 11.8 Å². The van der Waals surface area contributed by atoms with Crippen molar-refractivity contribution in [2.75, 3.05) is 19.6 Å². The summed E-state index contributed by atoms with van der Waals surface area (Å²) < 4.78 is 0. The standard InChI is InChI=1S/C22H32N2O2S/c1-15(2)13-20(25)23-11-9-18(10-12-23)14-24-21(26)17(4)27-22(24)19-8-6-5-7-16(19)3/h5-8,15,17-18,22H,9-14H2,1-4H3. The lowest BCUT2D eigenvalue weighted by Crippen LogP contribution is -2.43. The minimum absolute atomic E-state index is 0.0160. The molecule has 0 saturated carbocycles. The van der Waals surface area contributed by atoms with Crippen LogP contribution in [0.3, 0.4) is 0 Å². The molecule has 0 N–H and O–H groups in total. The summed E-state index contributed by atoms with van der Waals surface area (Å²) in [6, 6.07) is 8.39. The van der Waals surface area contributed by atoms with Gasteiger partial charge in [-0.05, 0) is 49.7 Å². The number of hydrogen-bond acceptors (Lipinski definition) is 3. The second-order valence-corrected chi connectivity index (χ2v) is 9.83. The molecule has 2 atom stereocenters. The quantitative estimate of drug-likeness (QED) is 0.757. The summed E-state index contributed by atoms with van der Waals surface area (Å²) >= 11 is 1.76. The van der Waals surface area contributed by atoms with Crippen molar-refractivity contribution in [2.45, 2.75) is 57.6 Å². The molecule has 0 spiro atoms. The Morgan fingerprint density at radius 1 is 1.22 bits per heavy atom. The van der Waals surface area contributed by atoms with E-state index in [2.05, 4.69) is 49.9 Å². The average Bonchev–Trinajstić information content (AvgIpc) is 2.90. The van der Waals surface area contributed by atoms with Crippen molar-refractivity contribution in [1.29, 1.82) is 0 Å². The van der Waals surface area contributed by atoms with Gasteiger partial charge in [-0.15, -0.1) is 11.8 Å². The predicted molar refractivity (Wildman–Crippen MR) is 111 cm³/mol. The fourth-order valence-corrected chi connectivity index (χ4v) is 5.47. The molecule has 2 heterocycles. The second kappa shape index (κ2) is 8.68. The number of piperidine rings is 1. The molecule has 2 fully saturated rings. The Morgan fingerprint density at radius 2 is 1.89 bits per heavy atom. The highest BCUT2D eigenvalue weighted by atomic mass is 32.2. The maximum atomic E-state index is 12.8. The highest BCUT2D eigenvalue weighted by Crippen LogP contribution is 2.44. The van der Waals surface area contributed by atoms with E-state index in [0.717, 1.165) is 32.5 Å². The Kier molecular flexibility index (Phi) is 6.51. The summed E-state index contributed by atoms with van der Waals surface area (Å²) in [4.78, 5) is 29.2. The van der Waals surface area contributed by atoms with E-state index in [4.69, 9.17) is 0 Å². The molecule has 27 heavy (non-hydrogen) atoms. The van der Waals surface area contributed by atoms with Crippen LogP contribution in [0.5, 0.6) is 0 Å². The third kappa shape index (κ3) is 4.68. The molecular formula is C22H32N2O2S. The van der Waals surface area contributed by atoms with Crippen molar-refractivity contribution in [2.24, 2.45) is 11.8 Å². The number of aryl methyl sites for hydroxylation is 1. The van der Waals surface area contributed by atoms with Gasteiger partial charge in [-0.2, -0.15) is 0 Å². The zero-order chi connectivity index (χ0) is 19.6. The molecule has 0 aliphatic carbocycles. The third-order valence-electron chi connectivity index (χ3n) is 5.71. The maximum absolute atomic E-state index is 12.8. The molecule has 2 aliphatic rings. The van der Waals surface area contributed by atoms with Gasteiger partial charge in [-0.3, -0.25) is 9.59 Å². The fraction of sp³-hybridized carbons (Fsp3) is 0.636. The zero-order valence-electron chi connectivity index (χ0n) is 17.0. The van der Waals surface area contributed by atoms with Gasteiger partial charge in [0.05, 0.1) is 5.25 Å². The minimum Gasteiger partial charge on any atom is -0.343 e. The molecule has 1 aromatic rings. The van der Waals surface area contributed by atoms with Gasteiger partial charge in [-0.1, -0.05) is 38.1 Å². The summed E-state index contributed by atoms with van der Waals surface area (Å²) in [5.74, 6) is 1.43. The number of likely N-dealkylation sites (tertiary alicyclic amines) is 1. The van der Waals surface area contributed by atoms with Gasteiger partial charge >= 0.3 is 0 Å². The number of benzene rings is 1. The average molecular weight is 389 g/mol. The van der Waals surface area contributed by atoms with E-state index in [-0.39, 0.29) is 22.4 Å². The molecule has 2 aliphatic heterocycles. The predicted octanol–water partition coefficient (Wildman–Crippen LogP) is 4.24. The molecule has 2 saturated heterocycles. The van der Waals surface area contributed by atoms with Gasteiger partial charge in [0, 0.05) is 26.1 Å². The topological polar surface area (TPSA) is 40.6 Å². The molecule has 5 heteroatoms. The number of carbonyl (C=O) groups excluding carboxylic acids is 2. The van der Waals surface area contributed by atoms with Crippen molar-refractivity contribution in [3.05, 3.63) is 35.4 Å². The van der Waals surface area contributed by atoms with E-state index in [0.29, 0.717) is 18.3 Å². The van der Waals surface area contributed by atoms with Crippen LogP contribution < -0.4 is 0 Å². The first-order chi connectivity index (χ1) is 12.9. The first-order valence-corrected chi connectivity index (χ1v) is 11.1. The third-order valence-corrected chi connectivity index (χ3v) is 7.08. The van der Waals surface area contributed by atoms with Crippen molar-refractivity contribution in [1.82, 2.24) is 9.80 Å². The summed E-state index contributed by atoms with van der Waals surface area (Å²) in [7, 11) is 0. The molecule has 2 amide bonds. The van der Waals surface area contributed by atoms with Crippen LogP contribution >= 0.6 is 11.8 Å². The Bertz CT molecular complexity index is 683. The number of carbonyl (C=O) groups is 2. The van der Waals surface area contributed by atoms with Crippen LogP contribution in [0.2, 0.25) is 0 Å². The molecule has 4 nitrogen and oxygen atoms in total. The molecular weight excluding hydrogens is 356 g/mol. The Morgan fingerprint density at radius 3 is 2.52 bits per heavy atom. The number of rotatable bonds is 5. The zero-order valence-corrected chi connectivity index (χ0v) is 17.8. The fourth-order valence-electron chi connectivity index (χ4n) is 4.09. The van der Waals surface area contributed by atoms with Crippen LogP contribution in [0, 0.1) is 18.8 Å². The SMILES string of the molecule is Cc1ccccc1C1SC(C)C(=O)N1CC1CCN(C(=O)CC(C)C)CC1. The number of nitrogens with zero attached hydrogens (tertiary/aromatic N) is 2. The second-order valence-electron chi connectivity index (χ2n) is 8.40. The van der Waals surface area contributed by atoms with E-state index in [1.807, 2.05) is 11.8 Å². The normalized spacial score (nSPS) is 24.1. The molecule has 1 aromatic carbocycles. The first kappa shape index (κ1) is 20.2. The molecule has 3 rings (SSSR count). The minimum atomic E-state index is 0.0160. The van der Waals surface area contributed by atoms with Crippen LogP contribution in [0.25, 0.3) is 0 Å². The van der Waals surface area contributed by atoms with E-state index >= 15 is 0 Å². The molecule has 148 valence electrons. The van der Waals surface area contributed by atoms with Gasteiger partial charge in [0.2, 0.25) is 11.8 Å². The van der Waals surface area contributed by atoms with Crippen LogP contribution in [0.4, 0.5) is 0 Å². The van der Waals surface area contributed by atoms with Crippen molar-refractivity contribution in [3.8, 4) is 0 Å². The lowest BCUT2D eigenvalue weighted by atomic mass is 9.95. The number of amides is 2. The molecule has 0 radical (unpaired) electrons. The van der Waals surface area contributed by atoms with E-state index in [9.17, 15) is 9.59 Å². The number of hydrogen-bond donors (Lipinski definition) is 0. The molecule has 0 bridgehead atoms. The Balaban J connectivity index is 1.63. The highest BCUT2D eigenvalue weighted by Gasteiger charge is 2.40. The maximum Gasteiger partial charge on any atom is 0.236 e. The van der Waals surface area contributed by atoms with Crippen LogP contribution in [0.15, 0.2) is 24.3 Å². The lowest BCUT2D eigenvalue weighted by Gasteiger charge is -2.36. The van der Waals surface area contributed by atoms with Gasteiger partial charge in [0.15, 0.2) is 0 Å². The number of thioether (sulfide) groups is 1. The summed E-state index contributed by atoms with van der Waals surface area (Å²) in [6.45, 7) is 10.8. The Labute approximate surface area is 167 Å². The van der Waals surface area contributed by atoms with Crippen LogP contribution in [-0.4, -0.2) is 46.5 Å². The van der Waals surface area contributed by atoms with Gasteiger partial charge in [-0.25, -0.2) is 0 Å². The van der Waals surface area contributed by atoms with E-state index in [1.165, 1.54) is 11.1 Å². The van der Waals surface area contributed by atoms with E-state index < -0.39 is 0 Å². The Hall–Kier alpha value is -1.49. The van der Waals surface area contributed by atoms with Crippen molar-refractivity contribution < 1.29 is 9.59 Å². The highest BCUT2D eigenvalue weighted by molar-refractivity contribution is 8.01. The summed E-state index contributed by atoms with van der Waals surface area (Å²) in [5.41, 5.74) is 2.50. The molecule has 2 unspecified atom stereocenters. The largest absolute Gasteiger partial charge is 0.343 e. The monoisotopic (exact) mass is 388 g/mol. The first-order valence-electron chi connectivity index (χ1n) is 10.2. The lowest BCUT2D eigenvalue weighted by molar-refractivity contribution is -0.135. The smallest absolute Gasteiger partial charge is 0.236 e. The van der Waals surface area contributed by atoms with Crippen LogP contribution in [-0.2, 0) is 9.59 Å². The molecule has 0 aromatic heterocycles. The van der Waals surface area contributed by atoms with Crippen LogP contribution in [0.1, 0.15) is 56.5 Å². The van der Waals surface area contributed by atoms with Gasteiger partial charge in [0.1, 0.15) is 5.37 Å². The van der Waals surface area contributed by atoms with Gasteiger partial charge < -0.3 is 9.80 Å².